The fourth-order valence-electron chi connectivity index (χ4n) is 3.60. The number of rotatable bonds is 5. The number of sulfonamides is 1. The summed E-state index contributed by atoms with van der Waals surface area (Å²) in [6, 6.07) is 10.5. The molecule has 0 fully saturated rings. The molecule has 1 aliphatic heterocycles. The van der Waals surface area contributed by atoms with Crippen molar-refractivity contribution in [3.8, 4) is 11.5 Å². The van der Waals surface area contributed by atoms with E-state index < -0.39 is 10.0 Å². The van der Waals surface area contributed by atoms with Gasteiger partial charge in [0.15, 0.2) is 0 Å². The molecule has 0 atom stereocenters. The molecule has 0 amide bonds. The van der Waals surface area contributed by atoms with E-state index in [2.05, 4.69) is 4.98 Å². The van der Waals surface area contributed by atoms with Gasteiger partial charge in [-0.3, -0.25) is 0 Å². The quantitative estimate of drug-likeness (QED) is 0.651. The van der Waals surface area contributed by atoms with Crippen LogP contribution in [0.2, 0.25) is 5.02 Å². The SMILES string of the molecule is COc1ccc(OC)c(S(=O)(=O)N2CC=C(c3c[nH]c4ccc(Cl)cc34)CC2)c1. The molecule has 1 aromatic heterocycles. The van der Waals surface area contributed by atoms with Crippen LogP contribution in [0, 0.1) is 0 Å². The second-order valence-electron chi connectivity index (χ2n) is 6.75. The van der Waals surface area contributed by atoms with Crippen LogP contribution in [0.15, 0.2) is 53.6 Å². The molecular formula is C21H21ClN2O4S. The number of methoxy groups -OCH3 is 2. The van der Waals surface area contributed by atoms with Crippen molar-refractivity contribution < 1.29 is 17.9 Å². The molecule has 1 aliphatic rings. The third kappa shape index (κ3) is 3.61. The zero-order valence-electron chi connectivity index (χ0n) is 16.1. The van der Waals surface area contributed by atoms with Gasteiger partial charge in [0.05, 0.1) is 14.2 Å². The Labute approximate surface area is 174 Å². The van der Waals surface area contributed by atoms with Crippen LogP contribution < -0.4 is 9.47 Å². The van der Waals surface area contributed by atoms with Crippen LogP contribution in [0.3, 0.4) is 0 Å². The van der Waals surface area contributed by atoms with Crippen LogP contribution in [0.25, 0.3) is 16.5 Å². The highest BCUT2D eigenvalue weighted by atomic mass is 35.5. The van der Waals surface area contributed by atoms with Crippen molar-refractivity contribution in [3.63, 3.8) is 0 Å². The summed E-state index contributed by atoms with van der Waals surface area (Å²) < 4.78 is 38.4. The van der Waals surface area contributed by atoms with E-state index in [4.69, 9.17) is 21.1 Å². The van der Waals surface area contributed by atoms with Gasteiger partial charge in [-0.05, 0) is 42.3 Å². The number of fused-ring (bicyclic) bond motifs is 1. The van der Waals surface area contributed by atoms with Crippen LogP contribution in [0.4, 0.5) is 0 Å². The van der Waals surface area contributed by atoms with Gasteiger partial charge in [-0.1, -0.05) is 17.7 Å². The fraction of sp³-hybridized carbons (Fsp3) is 0.238. The topological polar surface area (TPSA) is 71.6 Å². The number of aromatic amines is 1. The first-order chi connectivity index (χ1) is 13.9. The van der Waals surface area contributed by atoms with Crippen molar-refractivity contribution in [1.82, 2.24) is 9.29 Å². The van der Waals surface area contributed by atoms with Crippen molar-refractivity contribution in [2.75, 3.05) is 27.3 Å². The van der Waals surface area contributed by atoms with Crippen molar-refractivity contribution in [2.24, 2.45) is 0 Å². The predicted octanol–water partition coefficient (Wildman–Crippen LogP) is 4.32. The van der Waals surface area contributed by atoms with Crippen molar-refractivity contribution in [1.29, 1.82) is 0 Å². The maximum Gasteiger partial charge on any atom is 0.247 e. The second-order valence-corrected chi connectivity index (χ2v) is 9.09. The van der Waals surface area contributed by atoms with Gasteiger partial charge in [0.1, 0.15) is 16.4 Å². The summed E-state index contributed by atoms with van der Waals surface area (Å²) in [6.07, 6.45) is 4.50. The molecule has 6 nitrogen and oxygen atoms in total. The summed E-state index contributed by atoms with van der Waals surface area (Å²) in [4.78, 5) is 3.35. The number of H-pyrrole nitrogens is 1. The van der Waals surface area contributed by atoms with Crippen LogP contribution in [0.5, 0.6) is 11.5 Å². The summed E-state index contributed by atoms with van der Waals surface area (Å²) >= 11 is 6.15. The summed E-state index contributed by atoms with van der Waals surface area (Å²) in [5.74, 6) is 0.764. The molecule has 0 unspecified atom stereocenters. The van der Waals surface area contributed by atoms with Gasteiger partial charge in [0, 0.05) is 46.8 Å². The van der Waals surface area contributed by atoms with Crippen molar-refractivity contribution in [2.45, 2.75) is 11.3 Å². The number of hydrogen-bond donors (Lipinski definition) is 1. The Bertz CT molecular complexity index is 1200. The number of benzene rings is 2. The average molecular weight is 433 g/mol. The molecule has 0 radical (unpaired) electrons. The first-order valence-electron chi connectivity index (χ1n) is 9.12. The standard InChI is InChI=1S/C21H21ClN2O4S/c1-27-16-4-6-20(28-2)21(12-16)29(25,26)24-9-7-14(8-10-24)18-13-23-19-5-3-15(22)11-17(18)19/h3-7,11-13,23H,8-10H2,1-2H3. The summed E-state index contributed by atoms with van der Waals surface area (Å²) in [5.41, 5.74) is 3.16. The lowest BCUT2D eigenvalue weighted by Gasteiger charge is -2.26. The predicted molar refractivity (Wildman–Crippen MR) is 114 cm³/mol. The Morgan fingerprint density at radius 1 is 1.10 bits per heavy atom. The molecular weight excluding hydrogens is 412 g/mol. The second kappa shape index (κ2) is 7.74. The van der Waals surface area contributed by atoms with Gasteiger partial charge in [0.2, 0.25) is 10.0 Å². The molecule has 0 saturated heterocycles. The molecule has 2 heterocycles. The van der Waals surface area contributed by atoms with E-state index in [-0.39, 0.29) is 11.4 Å². The highest BCUT2D eigenvalue weighted by molar-refractivity contribution is 7.89. The molecule has 29 heavy (non-hydrogen) atoms. The molecule has 0 bridgehead atoms. The minimum Gasteiger partial charge on any atom is -0.497 e. The number of halogens is 1. The maximum atomic E-state index is 13.2. The Morgan fingerprint density at radius 2 is 1.93 bits per heavy atom. The lowest BCUT2D eigenvalue weighted by atomic mass is 10.00. The third-order valence-corrected chi connectivity index (χ3v) is 7.27. The van der Waals surface area contributed by atoms with E-state index in [0.717, 1.165) is 22.0 Å². The Balaban J connectivity index is 1.65. The number of ether oxygens (including phenoxy) is 2. The summed E-state index contributed by atoms with van der Waals surface area (Å²) in [5, 5.41) is 1.71. The van der Waals surface area contributed by atoms with E-state index in [0.29, 0.717) is 29.5 Å². The minimum absolute atomic E-state index is 0.107. The van der Waals surface area contributed by atoms with Gasteiger partial charge >= 0.3 is 0 Å². The number of nitrogens with zero attached hydrogens (tertiary/aromatic N) is 1. The zero-order chi connectivity index (χ0) is 20.6. The Kier molecular flexibility index (Phi) is 5.29. The molecule has 0 spiro atoms. The smallest absolute Gasteiger partial charge is 0.247 e. The van der Waals surface area contributed by atoms with E-state index in [1.807, 2.05) is 30.5 Å². The highest BCUT2D eigenvalue weighted by Crippen LogP contribution is 2.34. The molecule has 4 rings (SSSR count). The van der Waals surface area contributed by atoms with Crippen LogP contribution in [-0.2, 0) is 10.0 Å². The van der Waals surface area contributed by atoms with Gasteiger partial charge in [-0.25, -0.2) is 8.42 Å². The summed E-state index contributed by atoms with van der Waals surface area (Å²) in [6.45, 7) is 0.660. The van der Waals surface area contributed by atoms with Gasteiger partial charge in [-0.2, -0.15) is 4.31 Å². The molecule has 8 heteroatoms. The zero-order valence-corrected chi connectivity index (χ0v) is 17.7. The first-order valence-corrected chi connectivity index (χ1v) is 10.9. The number of aromatic nitrogens is 1. The summed E-state index contributed by atoms with van der Waals surface area (Å²) in [7, 11) is -0.767. The van der Waals surface area contributed by atoms with E-state index in [1.54, 1.807) is 12.1 Å². The fourth-order valence-corrected chi connectivity index (χ4v) is 5.32. The molecule has 3 aromatic rings. The largest absolute Gasteiger partial charge is 0.497 e. The molecule has 0 aliphatic carbocycles. The Hall–Kier alpha value is -2.48. The minimum atomic E-state index is -3.72. The molecule has 152 valence electrons. The monoisotopic (exact) mass is 432 g/mol. The van der Waals surface area contributed by atoms with Crippen LogP contribution >= 0.6 is 11.6 Å². The maximum absolute atomic E-state index is 13.2. The van der Waals surface area contributed by atoms with E-state index in [1.165, 1.54) is 24.6 Å². The number of nitrogens with one attached hydrogen (secondary N) is 1. The van der Waals surface area contributed by atoms with Gasteiger partial charge in [-0.15, -0.1) is 0 Å². The molecule has 1 N–H and O–H groups in total. The van der Waals surface area contributed by atoms with Gasteiger partial charge in [0.25, 0.3) is 0 Å². The number of hydrogen-bond acceptors (Lipinski definition) is 4. The highest BCUT2D eigenvalue weighted by Gasteiger charge is 2.30. The first kappa shape index (κ1) is 19.8. The third-order valence-electron chi connectivity index (χ3n) is 5.15. The molecule has 0 saturated carbocycles. The van der Waals surface area contributed by atoms with Crippen molar-refractivity contribution in [3.05, 3.63) is 59.3 Å². The lowest BCUT2D eigenvalue weighted by Crippen LogP contribution is -2.34. The Morgan fingerprint density at radius 3 is 2.62 bits per heavy atom. The van der Waals surface area contributed by atoms with Crippen molar-refractivity contribution >= 4 is 38.1 Å². The van der Waals surface area contributed by atoms with Crippen LogP contribution in [0.1, 0.15) is 12.0 Å². The molecule has 2 aromatic carbocycles. The van der Waals surface area contributed by atoms with E-state index in [9.17, 15) is 8.42 Å². The lowest BCUT2D eigenvalue weighted by molar-refractivity contribution is 0.386. The van der Waals surface area contributed by atoms with Crippen LogP contribution in [-0.4, -0.2) is 45.0 Å². The van der Waals surface area contributed by atoms with E-state index >= 15 is 0 Å². The normalized spacial score (nSPS) is 15.3. The average Bonchev–Trinajstić information content (AvgIpc) is 3.16. The van der Waals surface area contributed by atoms with Gasteiger partial charge < -0.3 is 14.5 Å².